The van der Waals surface area contributed by atoms with E-state index in [1.54, 1.807) is 23.7 Å². The van der Waals surface area contributed by atoms with Gasteiger partial charge in [0.05, 0.1) is 5.69 Å². The van der Waals surface area contributed by atoms with Crippen molar-refractivity contribution in [2.24, 2.45) is 0 Å². The van der Waals surface area contributed by atoms with Gasteiger partial charge in [-0.05, 0) is 49.1 Å². The molecule has 0 saturated carbocycles. The van der Waals surface area contributed by atoms with Crippen molar-refractivity contribution in [1.29, 1.82) is 0 Å². The molecular formula is C22H21N5O2. The summed E-state index contributed by atoms with van der Waals surface area (Å²) in [6, 6.07) is 17.1. The van der Waals surface area contributed by atoms with Gasteiger partial charge in [-0.15, -0.1) is 0 Å². The number of nitrogens with one attached hydrogen (secondary N) is 3. The largest absolute Gasteiger partial charge is 0.363 e. The highest BCUT2D eigenvalue weighted by Gasteiger charge is 2.12. The molecule has 1 atom stereocenters. The summed E-state index contributed by atoms with van der Waals surface area (Å²) >= 11 is 0. The zero-order valence-electron chi connectivity index (χ0n) is 16.1. The van der Waals surface area contributed by atoms with Crippen LogP contribution in [-0.2, 0) is 0 Å². The number of fused-ring (bicyclic) bond motifs is 1. The molecule has 29 heavy (non-hydrogen) atoms. The summed E-state index contributed by atoms with van der Waals surface area (Å²) < 4.78 is 0. The molecule has 4 N–H and O–H groups in total. The van der Waals surface area contributed by atoms with Crippen LogP contribution in [0.4, 0.5) is 5.82 Å². The third-order valence-electron chi connectivity index (χ3n) is 4.80. The van der Waals surface area contributed by atoms with E-state index >= 15 is 0 Å². The zero-order valence-corrected chi connectivity index (χ0v) is 16.1. The lowest BCUT2D eigenvalue weighted by Gasteiger charge is -2.17. The lowest BCUT2D eigenvalue weighted by molar-refractivity contribution is 0.0706. The molecule has 1 unspecified atom stereocenters. The van der Waals surface area contributed by atoms with Crippen molar-refractivity contribution in [1.82, 2.24) is 20.4 Å². The summed E-state index contributed by atoms with van der Waals surface area (Å²) in [6.45, 7) is 3.84. The fourth-order valence-electron chi connectivity index (χ4n) is 3.32. The molecule has 7 nitrogen and oxygen atoms in total. The van der Waals surface area contributed by atoms with Crippen LogP contribution in [0, 0.1) is 6.92 Å². The van der Waals surface area contributed by atoms with Crippen molar-refractivity contribution in [3.8, 4) is 11.3 Å². The highest BCUT2D eigenvalue weighted by Crippen LogP contribution is 2.26. The number of hydroxylamine groups is 1. The van der Waals surface area contributed by atoms with E-state index in [0.717, 1.165) is 27.7 Å². The van der Waals surface area contributed by atoms with E-state index < -0.39 is 5.91 Å². The Labute approximate surface area is 167 Å². The smallest absolute Gasteiger partial charge is 0.274 e. The number of aromatic amines is 1. The van der Waals surface area contributed by atoms with Crippen LogP contribution >= 0.6 is 0 Å². The minimum Gasteiger partial charge on any atom is -0.363 e. The average molecular weight is 387 g/mol. The standard InChI is InChI=1S/C22H21N5O2/c1-13(16-4-3-5-18(10-16)22(28)27-29)24-21-12-20(25-14(2)26-21)17-7-6-15-8-9-23-19(15)11-17/h3-13,23,29H,1-2H3,(H,27,28)(H,24,25,26). The van der Waals surface area contributed by atoms with Gasteiger partial charge in [0.15, 0.2) is 0 Å². The van der Waals surface area contributed by atoms with Gasteiger partial charge in [-0.25, -0.2) is 15.4 Å². The summed E-state index contributed by atoms with van der Waals surface area (Å²) in [7, 11) is 0. The van der Waals surface area contributed by atoms with Gasteiger partial charge in [-0.2, -0.15) is 0 Å². The maximum absolute atomic E-state index is 11.7. The molecule has 2 aromatic carbocycles. The summed E-state index contributed by atoms with van der Waals surface area (Å²) in [6.07, 6.45) is 1.92. The number of benzene rings is 2. The number of aromatic nitrogens is 3. The van der Waals surface area contributed by atoms with Gasteiger partial charge in [-0.3, -0.25) is 10.0 Å². The molecule has 2 aromatic heterocycles. The number of aryl methyl sites for hydroxylation is 1. The first-order valence-corrected chi connectivity index (χ1v) is 9.27. The van der Waals surface area contributed by atoms with E-state index in [4.69, 9.17) is 5.21 Å². The molecule has 0 aliphatic carbocycles. The van der Waals surface area contributed by atoms with Crippen LogP contribution in [0.1, 0.15) is 34.7 Å². The first-order valence-electron chi connectivity index (χ1n) is 9.27. The van der Waals surface area contributed by atoms with E-state index in [9.17, 15) is 4.79 Å². The van der Waals surface area contributed by atoms with Gasteiger partial charge in [0.2, 0.25) is 0 Å². The topological polar surface area (TPSA) is 103 Å². The maximum Gasteiger partial charge on any atom is 0.274 e. The van der Waals surface area contributed by atoms with Crippen LogP contribution < -0.4 is 10.8 Å². The molecule has 0 radical (unpaired) electrons. The summed E-state index contributed by atoms with van der Waals surface area (Å²) in [5.41, 5.74) is 5.83. The molecule has 146 valence electrons. The average Bonchev–Trinajstić information content (AvgIpc) is 3.20. The SMILES string of the molecule is Cc1nc(NC(C)c2cccc(C(=O)NO)c2)cc(-c2ccc3cc[nH]c3c2)n1. The van der Waals surface area contributed by atoms with Gasteiger partial charge < -0.3 is 10.3 Å². The first kappa shape index (κ1) is 18.6. The molecule has 0 fully saturated rings. The second-order valence-electron chi connectivity index (χ2n) is 6.90. The number of carbonyl (C=O) groups excluding carboxylic acids is 1. The van der Waals surface area contributed by atoms with Gasteiger partial charge >= 0.3 is 0 Å². The molecular weight excluding hydrogens is 366 g/mol. The Morgan fingerprint density at radius 3 is 2.79 bits per heavy atom. The van der Waals surface area contributed by atoms with E-state index in [1.807, 2.05) is 44.3 Å². The van der Waals surface area contributed by atoms with Crippen molar-refractivity contribution in [3.63, 3.8) is 0 Å². The van der Waals surface area contributed by atoms with E-state index in [2.05, 4.69) is 32.4 Å². The predicted molar refractivity (Wildman–Crippen MR) is 112 cm³/mol. The quantitative estimate of drug-likeness (QED) is 0.303. The van der Waals surface area contributed by atoms with Gasteiger partial charge in [-0.1, -0.05) is 24.3 Å². The maximum atomic E-state index is 11.7. The van der Waals surface area contributed by atoms with Crippen molar-refractivity contribution in [3.05, 3.63) is 77.7 Å². The van der Waals surface area contributed by atoms with Crippen molar-refractivity contribution in [2.45, 2.75) is 19.9 Å². The number of hydrogen-bond acceptors (Lipinski definition) is 5. The summed E-state index contributed by atoms with van der Waals surface area (Å²) in [5, 5.41) is 13.4. The molecule has 4 rings (SSSR count). The van der Waals surface area contributed by atoms with Gasteiger partial charge in [0.1, 0.15) is 11.6 Å². The molecule has 0 spiro atoms. The van der Waals surface area contributed by atoms with E-state index in [0.29, 0.717) is 17.2 Å². The van der Waals surface area contributed by atoms with Crippen molar-refractivity contribution < 1.29 is 10.0 Å². The van der Waals surface area contributed by atoms with Gasteiger partial charge in [0.25, 0.3) is 5.91 Å². The normalized spacial score (nSPS) is 12.0. The molecule has 0 bridgehead atoms. The second-order valence-corrected chi connectivity index (χ2v) is 6.90. The highest BCUT2D eigenvalue weighted by molar-refractivity contribution is 5.93. The number of amides is 1. The second kappa shape index (κ2) is 7.73. The molecule has 0 aliphatic rings. The Balaban J connectivity index is 1.61. The Morgan fingerprint density at radius 1 is 1.10 bits per heavy atom. The van der Waals surface area contributed by atoms with E-state index in [-0.39, 0.29) is 6.04 Å². The number of hydrogen-bond donors (Lipinski definition) is 4. The predicted octanol–water partition coefficient (Wildman–Crippen LogP) is 4.23. The third kappa shape index (κ3) is 3.95. The molecule has 1 amide bonds. The summed E-state index contributed by atoms with van der Waals surface area (Å²) in [5.74, 6) is 0.819. The minimum atomic E-state index is -0.543. The fraction of sp³-hybridized carbons (Fsp3) is 0.136. The van der Waals surface area contributed by atoms with Crippen LogP contribution in [0.25, 0.3) is 22.2 Å². The van der Waals surface area contributed by atoms with Crippen LogP contribution in [-0.4, -0.2) is 26.1 Å². The minimum absolute atomic E-state index is 0.102. The number of nitrogens with zero attached hydrogens (tertiary/aromatic N) is 2. The zero-order chi connectivity index (χ0) is 20.4. The fourth-order valence-corrected chi connectivity index (χ4v) is 3.32. The number of rotatable bonds is 5. The van der Waals surface area contributed by atoms with Crippen molar-refractivity contribution in [2.75, 3.05) is 5.32 Å². The molecule has 0 aliphatic heterocycles. The third-order valence-corrected chi connectivity index (χ3v) is 4.80. The molecule has 7 heteroatoms. The van der Waals surface area contributed by atoms with Gasteiger partial charge in [0, 0.05) is 34.9 Å². The number of H-pyrrole nitrogens is 1. The van der Waals surface area contributed by atoms with Crippen molar-refractivity contribution >= 4 is 22.6 Å². The lowest BCUT2D eigenvalue weighted by Crippen LogP contribution is -2.19. The Kier molecular flexibility index (Phi) is 4.97. The lowest BCUT2D eigenvalue weighted by atomic mass is 10.0. The van der Waals surface area contributed by atoms with Crippen LogP contribution in [0.15, 0.2) is 60.8 Å². The Morgan fingerprint density at radius 2 is 1.97 bits per heavy atom. The monoisotopic (exact) mass is 387 g/mol. The Hall–Kier alpha value is -3.71. The van der Waals surface area contributed by atoms with E-state index in [1.165, 1.54) is 0 Å². The molecule has 2 heterocycles. The first-order chi connectivity index (χ1) is 14.0. The highest BCUT2D eigenvalue weighted by atomic mass is 16.5. The van der Waals surface area contributed by atoms with Crippen LogP contribution in [0.5, 0.6) is 0 Å². The summed E-state index contributed by atoms with van der Waals surface area (Å²) in [4.78, 5) is 24.0. The Bertz CT molecular complexity index is 1180. The van der Waals surface area contributed by atoms with Crippen LogP contribution in [0.2, 0.25) is 0 Å². The number of carbonyl (C=O) groups is 1. The molecule has 4 aromatic rings. The van der Waals surface area contributed by atoms with Crippen LogP contribution in [0.3, 0.4) is 0 Å². The number of anilines is 1. The molecule has 0 saturated heterocycles.